The smallest absolute Gasteiger partial charge is 0.289 e. The Morgan fingerprint density at radius 2 is 0.641 bits per heavy atom. The van der Waals surface area contributed by atoms with Gasteiger partial charge in [-0.15, -0.1) is 0 Å². The maximum absolute atomic E-state index is 14.2. The molecule has 31 heteroatoms. The zero-order chi connectivity index (χ0) is 59.4. The van der Waals surface area contributed by atoms with E-state index in [1.54, 1.807) is 30.5 Å². The Kier molecular flexibility index (Phi) is 16.6. The number of Topliss-reactive ketones (excluding diaryl/α,β-unsaturated/α-hetero) is 1. The molecular formula is C47H26BF24NO4S. The predicted octanol–water partition coefficient (Wildman–Crippen LogP) is 14.2. The van der Waals surface area contributed by atoms with E-state index in [-0.39, 0.29) is 17.2 Å². The Bertz CT molecular complexity index is 2810. The summed E-state index contributed by atoms with van der Waals surface area (Å²) in [6, 6.07) is 5.33. The molecule has 0 amide bonds. The molecule has 0 bridgehead atoms. The summed E-state index contributed by atoms with van der Waals surface area (Å²) in [6.45, 7) is 0. The minimum absolute atomic E-state index is 0.0770. The number of benzene rings is 6. The van der Waals surface area contributed by atoms with Crippen molar-refractivity contribution in [2.45, 2.75) is 54.3 Å². The average Bonchev–Trinajstić information content (AvgIpc) is 3.29. The molecule has 0 aliphatic carbocycles. The molecule has 6 aromatic carbocycles. The van der Waals surface area contributed by atoms with E-state index in [0.29, 0.717) is 10.5 Å². The topological polar surface area (TPSA) is 77.3 Å². The summed E-state index contributed by atoms with van der Waals surface area (Å²) in [4.78, 5) is 22.8. The summed E-state index contributed by atoms with van der Waals surface area (Å²) in [6.07, 6.45) is -53.3. The standard InChI is InChI=1S/C32H12BF24.C15H14NO4S/c34-25(35,36)13-1-14(26(37,38)39)6-21(5-13)33(22-7-15(27(40,41)42)2-16(8-22)28(43,44)45,23-9-17(29(46,47)48)3-18(10-23)30(49,50)51)24-11-19(31(52,53)54)4-20(12-24)32(55,56)57;1-21(20,14-5-3-2-4-6-14)11-15(17)12-7-9-13(10-8-12)16(18)19/h1-12H;2-10H,11H2,1H3/q-1;+1. The summed E-state index contributed by atoms with van der Waals surface area (Å²) >= 11 is 0. The first-order valence-corrected chi connectivity index (χ1v) is 23.0. The van der Waals surface area contributed by atoms with Crippen LogP contribution in [0.4, 0.5) is 111 Å². The lowest BCUT2D eigenvalue weighted by Crippen LogP contribution is -2.75. The van der Waals surface area contributed by atoms with E-state index < -0.39 is 210 Å². The summed E-state index contributed by atoms with van der Waals surface area (Å²) in [5.74, 6) is -0.407. The Morgan fingerprint density at radius 3 is 0.846 bits per heavy atom. The molecule has 5 nitrogen and oxygen atoms in total. The highest BCUT2D eigenvalue weighted by atomic mass is 32.2. The second-order valence-electron chi connectivity index (χ2n) is 16.9. The van der Waals surface area contributed by atoms with Crippen molar-refractivity contribution < 1.29 is 119 Å². The van der Waals surface area contributed by atoms with Crippen molar-refractivity contribution in [3.8, 4) is 0 Å². The molecule has 0 heterocycles. The number of nitro groups is 1. The summed E-state index contributed by atoms with van der Waals surface area (Å²) in [7, 11) is -2.47. The molecule has 0 saturated carbocycles. The van der Waals surface area contributed by atoms with Crippen LogP contribution >= 0.6 is 0 Å². The van der Waals surface area contributed by atoms with E-state index in [1.165, 1.54) is 24.3 Å². The summed E-state index contributed by atoms with van der Waals surface area (Å²) in [5, 5.41) is 10.6. The number of nitrogens with zero attached hydrogens (tertiary/aromatic N) is 1. The predicted molar refractivity (Wildman–Crippen MR) is 231 cm³/mol. The van der Waals surface area contributed by atoms with E-state index in [0.717, 1.165) is 0 Å². The molecule has 1 atom stereocenters. The minimum Gasteiger partial charge on any atom is -0.289 e. The van der Waals surface area contributed by atoms with Crippen LogP contribution in [-0.4, -0.2) is 28.9 Å². The van der Waals surface area contributed by atoms with Crippen LogP contribution in [0.3, 0.4) is 0 Å². The van der Waals surface area contributed by atoms with Crippen molar-refractivity contribution >= 4 is 49.4 Å². The lowest BCUT2D eigenvalue weighted by Gasteiger charge is -2.46. The Morgan fingerprint density at radius 1 is 0.410 bits per heavy atom. The van der Waals surface area contributed by atoms with Gasteiger partial charge in [0.15, 0.2) is 10.6 Å². The van der Waals surface area contributed by atoms with Gasteiger partial charge < -0.3 is 0 Å². The first-order chi connectivity index (χ1) is 35.2. The van der Waals surface area contributed by atoms with Crippen LogP contribution in [0, 0.1) is 10.1 Å². The van der Waals surface area contributed by atoms with E-state index in [1.807, 2.05) is 6.07 Å². The van der Waals surface area contributed by atoms with Crippen LogP contribution in [0.25, 0.3) is 0 Å². The van der Waals surface area contributed by atoms with Gasteiger partial charge in [-0.1, -0.05) is 70.9 Å². The van der Waals surface area contributed by atoms with Gasteiger partial charge in [-0.2, -0.15) is 127 Å². The molecule has 1 unspecified atom stereocenters. The van der Waals surface area contributed by atoms with Gasteiger partial charge in [-0.3, -0.25) is 14.9 Å². The third-order valence-electron chi connectivity index (χ3n) is 11.5. The number of hydrogen-bond acceptors (Lipinski definition) is 4. The molecule has 0 aliphatic heterocycles. The highest BCUT2D eigenvalue weighted by molar-refractivity contribution is 8.03. The molecule has 0 N–H and O–H groups in total. The highest BCUT2D eigenvalue weighted by Gasteiger charge is 2.47. The lowest BCUT2D eigenvalue weighted by molar-refractivity contribution is -0.384. The second kappa shape index (κ2) is 20.9. The van der Waals surface area contributed by atoms with Crippen molar-refractivity contribution in [1.29, 1.82) is 0 Å². The molecule has 6 rings (SSSR count). The molecule has 420 valence electrons. The second-order valence-corrected chi connectivity index (χ2v) is 19.7. The van der Waals surface area contributed by atoms with Crippen molar-refractivity contribution in [1.82, 2.24) is 0 Å². The highest BCUT2D eigenvalue weighted by Crippen LogP contribution is 2.41. The Balaban J connectivity index is 0.000000443. The van der Waals surface area contributed by atoms with Gasteiger partial charge in [0.1, 0.15) is 22.3 Å². The third-order valence-corrected chi connectivity index (χ3v) is 13.6. The van der Waals surface area contributed by atoms with Gasteiger partial charge in [0.2, 0.25) is 5.78 Å². The van der Waals surface area contributed by atoms with Gasteiger partial charge in [-0.25, -0.2) is 0 Å². The van der Waals surface area contributed by atoms with E-state index in [4.69, 9.17) is 0 Å². The van der Waals surface area contributed by atoms with Crippen molar-refractivity contribution in [3.63, 3.8) is 0 Å². The average molecular weight is 1170 g/mol. The minimum atomic E-state index is -6.13. The van der Waals surface area contributed by atoms with Crippen molar-refractivity contribution in [3.05, 3.63) is 188 Å². The van der Waals surface area contributed by atoms with Gasteiger partial charge >= 0.3 is 49.4 Å². The number of alkyl halides is 24. The number of halogens is 24. The normalized spacial score (nSPS) is 14.1. The lowest BCUT2D eigenvalue weighted by atomic mass is 9.12. The van der Waals surface area contributed by atoms with Crippen LogP contribution in [0.5, 0.6) is 0 Å². The third kappa shape index (κ3) is 14.1. The van der Waals surface area contributed by atoms with Crippen LogP contribution in [0.2, 0.25) is 0 Å². The maximum atomic E-state index is 14.2. The summed E-state index contributed by atoms with van der Waals surface area (Å²) < 4.78 is 353. The Hall–Kier alpha value is -7.08. The van der Waals surface area contributed by atoms with Gasteiger partial charge in [0, 0.05) is 17.7 Å². The van der Waals surface area contributed by atoms with Crippen molar-refractivity contribution in [2.75, 3.05) is 12.0 Å². The SMILES string of the molecule is C[S+](=O)(CC(=O)c1ccc([N+](=O)[O-])cc1)c1ccccc1.FC(F)(F)c1cc([B-](c2cc(C(F)(F)F)cc(C(F)(F)F)c2)(c2cc(C(F)(F)F)cc(C(F)(F)F)c2)c2cc(C(F)(F)F)cc(C(F)(F)F)c2)cc(C(F)(F)F)c1. The largest absolute Gasteiger partial charge is 0.416 e. The number of carbonyl (C=O) groups excluding carboxylic acids is 1. The van der Waals surface area contributed by atoms with E-state index in [9.17, 15) is 124 Å². The number of hydrogen-bond donors (Lipinski definition) is 0. The molecule has 0 fully saturated rings. The van der Waals surface area contributed by atoms with Crippen LogP contribution in [0.1, 0.15) is 54.9 Å². The number of non-ortho nitro benzene ring substituents is 1. The van der Waals surface area contributed by atoms with Crippen molar-refractivity contribution in [2.24, 2.45) is 0 Å². The molecule has 0 aliphatic rings. The summed E-state index contributed by atoms with van der Waals surface area (Å²) in [5.41, 5.74) is -30.0. The monoisotopic (exact) mass is 1170 g/mol. The fraction of sp³-hybridized carbons (Fsp3) is 0.213. The number of rotatable bonds is 9. The van der Waals surface area contributed by atoms with E-state index in [2.05, 4.69) is 0 Å². The van der Waals surface area contributed by atoms with Crippen LogP contribution < -0.4 is 21.9 Å². The Labute approximate surface area is 422 Å². The molecule has 0 saturated heterocycles. The zero-order valence-electron chi connectivity index (χ0n) is 38.0. The first kappa shape index (κ1) is 61.8. The number of carbonyl (C=O) groups is 1. The van der Waals surface area contributed by atoms with Gasteiger partial charge in [0.25, 0.3) is 5.69 Å². The molecule has 6 aromatic rings. The quantitative estimate of drug-likeness (QED) is 0.0361. The molecule has 0 radical (unpaired) electrons. The zero-order valence-corrected chi connectivity index (χ0v) is 38.8. The number of ketones is 1. The van der Waals surface area contributed by atoms with Crippen LogP contribution in [-0.2, 0) is 63.6 Å². The fourth-order valence-corrected chi connectivity index (χ4v) is 9.53. The number of nitro benzene ring substituents is 1. The molecular weight excluding hydrogens is 1140 g/mol. The maximum Gasteiger partial charge on any atom is 0.416 e. The van der Waals surface area contributed by atoms with Gasteiger partial charge in [0.05, 0.1) is 49.4 Å². The molecule has 78 heavy (non-hydrogen) atoms. The van der Waals surface area contributed by atoms with E-state index >= 15 is 0 Å². The molecule has 0 spiro atoms. The molecule has 0 aromatic heterocycles. The first-order valence-electron chi connectivity index (χ1n) is 20.8. The van der Waals surface area contributed by atoms with Crippen LogP contribution in [0.15, 0.2) is 132 Å². The fourth-order valence-electron chi connectivity index (χ4n) is 7.96. The van der Waals surface area contributed by atoms with Gasteiger partial charge in [-0.05, 0) is 48.5 Å².